The molecule has 1 aromatic carbocycles. The van der Waals surface area contributed by atoms with Crippen LogP contribution in [0, 0.1) is 11.6 Å². The number of β-amino-alcohol motifs (C(OH)–C–C–N with tert-alkyl or cyclic N) is 1. The van der Waals surface area contributed by atoms with Crippen LogP contribution in [0.4, 0.5) is 30.9 Å². The highest BCUT2D eigenvalue weighted by molar-refractivity contribution is 5.89. The Morgan fingerprint density at radius 2 is 1.41 bits per heavy atom. The summed E-state index contributed by atoms with van der Waals surface area (Å²) < 4.78 is 27.5. The third-order valence-corrected chi connectivity index (χ3v) is 5.83. The van der Waals surface area contributed by atoms with Gasteiger partial charge in [0.2, 0.25) is 0 Å². The van der Waals surface area contributed by atoms with Crippen molar-refractivity contribution in [3.05, 3.63) is 42.0 Å². The van der Waals surface area contributed by atoms with Gasteiger partial charge in [0, 0.05) is 58.9 Å². The van der Waals surface area contributed by atoms with Gasteiger partial charge in [0.25, 0.3) is 0 Å². The zero-order valence-electron chi connectivity index (χ0n) is 17.8. The highest BCUT2D eigenvalue weighted by atomic mass is 19.1. The molecule has 0 aliphatic carbocycles. The Balaban J connectivity index is 1.28. The first-order valence-electron chi connectivity index (χ1n) is 10.7. The normalized spacial score (nSPS) is 17.5. The maximum Gasteiger partial charge on any atom is 0.322 e. The minimum Gasteiger partial charge on any atom is -0.395 e. The van der Waals surface area contributed by atoms with E-state index >= 15 is 0 Å². The SMILES string of the molecule is O=C(Nc1c(F)cccc1F)N1CCN(c2ccc(N3CCN(CCO)CC3)nn2)CC1. The van der Waals surface area contributed by atoms with Crippen LogP contribution in [-0.4, -0.2) is 96.6 Å². The molecule has 0 unspecified atom stereocenters. The average molecular weight is 447 g/mol. The molecule has 2 N–H and O–H groups in total. The van der Waals surface area contributed by atoms with Crippen LogP contribution in [-0.2, 0) is 0 Å². The quantitative estimate of drug-likeness (QED) is 0.713. The molecule has 9 nitrogen and oxygen atoms in total. The Bertz CT molecular complexity index is 895. The number of hydrogen-bond acceptors (Lipinski definition) is 7. The number of aromatic nitrogens is 2. The van der Waals surface area contributed by atoms with Gasteiger partial charge in [0.1, 0.15) is 17.3 Å². The molecule has 0 spiro atoms. The Kier molecular flexibility index (Phi) is 6.96. The third kappa shape index (κ3) is 5.05. The number of amides is 2. The summed E-state index contributed by atoms with van der Waals surface area (Å²) in [6.07, 6.45) is 0. The van der Waals surface area contributed by atoms with Crippen molar-refractivity contribution in [1.29, 1.82) is 0 Å². The lowest BCUT2D eigenvalue weighted by Gasteiger charge is -2.36. The van der Waals surface area contributed by atoms with Crippen molar-refractivity contribution in [2.45, 2.75) is 0 Å². The van der Waals surface area contributed by atoms with Crippen molar-refractivity contribution in [3.8, 4) is 0 Å². The van der Waals surface area contributed by atoms with Gasteiger partial charge in [-0.05, 0) is 24.3 Å². The highest BCUT2D eigenvalue weighted by Gasteiger charge is 2.24. The van der Waals surface area contributed by atoms with Gasteiger partial charge in [0.15, 0.2) is 11.6 Å². The summed E-state index contributed by atoms with van der Waals surface area (Å²) in [5.74, 6) is -0.0560. The standard InChI is InChI=1S/C21H27F2N7O2/c22-16-2-1-3-17(23)20(16)24-21(32)30-12-10-29(11-13-30)19-5-4-18(25-26-19)28-8-6-27(7-9-28)14-15-31/h1-5,31H,6-15H2,(H,24,32). The topological polar surface area (TPSA) is 88.1 Å². The molecular formula is C21H27F2N7O2. The fourth-order valence-electron chi connectivity index (χ4n) is 3.94. The summed E-state index contributed by atoms with van der Waals surface area (Å²) in [4.78, 5) is 20.4. The van der Waals surface area contributed by atoms with Crippen LogP contribution >= 0.6 is 0 Å². The van der Waals surface area contributed by atoms with E-state index in [2.05, 4.69) is 25.3 Å². The van der Waals surface area contributed by atoms with Crippen molar-refractivity contribution in [3.63, 3.8) is 0 Å². The second kappa shape index (κ2) is 10.0. The van der Waals surface area contributed by atoms with Crippen LogP contribution in [0.25, 0.3) is 0 Å². The van der Waals surface area contributed by atoms with E-state index in [9.17, 15) is 13.6 Å². The number of aliphatic hydroxyl groups is 1. The number of carbonyl (C=O) groups excluding carboxylic acids is 1. The molecular weight excluding hydrogens is 420 g/mol. The van der Waals surface area contributed by atoms with Crippen molar-refractivity contribution in [1.82, 2.24) is 20.0 Å². The number of urea groups is 1. The molecule has 2 amide bonds. The summed E-state index contributed by atoms with van der Waals surface area (Å²) in [6, 6.07) is 6.80. The maximum atomic E-state index is 13.8. The molecule has 3 heterocycles. The number of nitrogens with zero attached hydrogens (tertiary/aromatic N) is 6. The summed E-state index contributed by atoms with van der Waals surface area (Å²) in [5.41, 5.74) is -0.432. The minimum atomic E-state index is -0.804. The van der Waals surface area contributed by atoms with E-state index in [0.29, 0.717) is 32.7 Å². The molecule has 2 aromatic rings. The van der Waals surface area contributed by atoms with Crippen LogP contribution in [0.3, 0.4) is 0 Å². The first-order valence-corrected chi connectivity index (χ1v) is 10.7. The van der Waals surface area contributed by atoms with E-state index in [1.54, 1.807) is 0 Å². The number of para-hydroxylation sites is 1. The lowest BCUT2D eigenvalue weighted by atomic mass is 10.3. The van der Waals surface area contributed by atoms with E-state index in [0.717, 1.165) is 49.9 Å². The van der Waals surface area contributed by atoms with Crippen LogP contribution in [0.5, 0.6) is 0 Å². The van der Waals surface area contributed by atoms with Gasteiger partial charge < -0.3 is 25.1 Å². The molecule has 0 atom stereocenters. The summed E-state index contributed by atoms with van der Waals surface area (Å²) >= 11 is 0. The van der Waals surface area contributed by atoms with Gasteiger partial charge in [-0.15, -0.1) is 10.2 Å². The fraction of sp³-hybridized carbons (Fsp3) is 0.476. The van der Waals surface area contributed by atoms with Gasteiger partial charge in [0.05, 0.1) is 6.61 Å². The van der Waals surface area contributed by atoms with Crippen LogP contribution in [0.1, 0.15) is 0 Å². The van der Waals surface area contributed by atoms with Gasteiger partial charge in [-0.3, -0.25) is 4.90 Å². The number of aliphatic hydroxyl groups excluding tert-OH is 1. The van der Waals surface area contributed by atoms with E-state index in [1.807, 2.05) is 17.0 Å². The first-order chi connectivity index (χ1) is 15.5. The summed E-state index contributed by atoms with van der Waals surface area (Å²) in [5, 5.41) is 20.1. The van der Waals surface area contributed by atoms with E-state index in [-0.39, 0.29) is 6.61 Å². The first kappa shape index (κ1) is 22.2. The molecule has 0 saturated carbocycles. The zero-order valence-corrected chi connectivity index (χ0v) is 17.8. The number of benzene rings is 1. The van der Waals surface area contributed by atoms with Crippen molar-refractivity contribution < 1.29 is 18.7 Å². The second-order valence-corrected chi connectivity index (χ2v) is 7.80. The minimum absolute atomic E-state index is 0.170. The van der Waals surface area contributed by atoms with Crippen molar-refractivity contribution in [2.75, 3.05) is 80.6 Å². The summed E-state index contributed by atoms with van der Waals surface area (Å²) in [6.45, 7) is 6.18. The zero-order chi connectivity index (χ0) is 22.5. The number of carbonyl (C=O) groups is 1. The lowest BCUT2D eigenvalue weighted by Crippen LogP contribution is -2.50. The maximum absolute atomic E-state index is 13.8. The number of hydrogen-bond donors (Lipinski definition) is 2. The van der Waals surface area contributed by atoms with E-state index in [4.69, 9.17) is 5.11 Å². The Hall–Kier alpha value is -3.05. The predicted octanol–water partition coefficient (Wildman–Crippen LogP) is 1.22. The van der Waals surface area contributed by atoms with Crippen LogP contribution < -0.4 is 15.1 Å². The Morgan fingerprint density at radius 3 is 1.91 bits per heavy atom. The van der Waals surface area contributed by atoms with E-state index < -0.39 is 23.4 Å². The van der Waals surface area contributed by atoms with Crippen molar-refractivity contribution >= 4 is 23.4 Å². The van der Waals surface area contributed by atoms with Crippen LogP contribution in [0.2, 0.25) is 0 Å². The Morgan fingerprint density at radius 1 is 0.875 bits per heavy atom. The molecule has 2 saturated heterocycles. The van der Waals surface area contributed by atoms with Gasteiger partial charge in [-0.25, -0.2) is 13.6 Å². The molecule has 11 heteroatoms. The smallest absolute Gasteiger partial charge is 0.322 e. The summed E-state index contributed by atoms with van der Waals surface area (Å²) in [7, 11) is 0. The number of nitrogens with one attached hydrogen (secondary N) is 1. The largest absolute Gasteiger partial charge is 0.395 e. The van der Waals surface area contributed by atoms with Crippen LogP contribution in [0.15, 0.2) is 30.3 Å². The van der Waals surface area contributed by atoms with E-state index in [1.165, 1.54) is 11.0 Å². The van der Waals surface area contributed by atoms with Gasteiger partial charge >= 0.3 is 6.03 Å². The number of anilines is 3. The number of piperazine rings is 2. The molecule has 2 aliphatic heterocycles. The predicted molar refractivity (Wildman–Crippen MR) is 117 cm³/mol. The van der Waals surface area contributed by atoms with Crippen molar-refractivity contribution in [2.24, 2.45) is 0 Å². The molecule has 172 valence electrons. The second-order valence-electron chi connectivity index (χ2n) is 7.80. The van der Waals surface area contributed by atoms with Gasteiger partial charge in [-0.2, -0.15) is 0 Å². The average Bonchev–Trinajstić information content (AvgIpc) is 2.82. The molecule has 0 bridgehead atoms. The molecule has 1 aromatic heterocycles. The Labute approximate surface area is 185 Å². The number of rotatable bonds is 5. The highest BCUT2D eigenvalue weighted by Crippen LogP contribution is 2.20. The fourth-order valence-corrected chi connectivity index (χ4v) is 3.94. The monoisotopic (exact) mass is 447 g/mol. The molecule has 2 fully saturated rings. The third-order valence-electron chi connectivity index (χ3n) is 5.83. The molecule has 0 radical (unpaired) electrons. The molecule has 4 rings (SSSR count). The molecule has 2 aliphatic rings. The lowest BCUT2D eigenvalue weighted by molar-refractivity contribution is 0.188. The number of halogens is 2. The van der Waals surface area contributed by atoms with Gasteiger partial charge in [-0.1, -0.05) is 6.07 Å². The molecule has 32 heavy (non-hydrogen) atoms.